The molecule has 0 saturated heterocycles. The molecule has 1 heterocycles. The van der Waals surface area contributed by atoms with Crippen molar-refractivity contribution in [2.24, 2.45) is 0 Å². The summed E-state index contributed by atoms with van der Waals surface area (Å²) in [6, 6.07) is 0. The van der Waals surface area contributed by atoms with Crippen molar-refractivity contribution < 1.29 is 9.52 Å². The predicted octanol–water partition coefficient (Wildman–Crippen LogP) is 4.38. The van der Waals surface area contributed by atoms with Gasteiger partial charge in [-0.05, 0) is 74.0 Å². The van der Waals surface area contributed by atoms with Crippen LogP contribution in [-0.2, 0) is 12.8 Å². The van der Waals surface area contributed by atoms with Crippen molar-refractivity contribution in [1.82, 2.24) is 4.98 Å². The molecule has 2 aromatic rings. The number of oxazole rings is 1. The summed E-state index contributed by atoms with van der Waals surface area (Å²) in [4.78, 5) is 4.77. The summed E-state index contributed by atoms with van der Waals surface area (Å²) in [6.45, 7) is 4.75. The molecule has 0 fully saturated rings. The van der Waals surface area contributed by atoms with Gasteiger partial charge in [0.15, 0.2) is 11.5 Å². The SMILES string of the molecule is Cc1c2c3c(c4oc(CCCO)nc14)C(C)CCC3CCC2. The molecule has 3 heteroatoms. The number of aliphatic hydroxyl groups excluding tert-OH is 1. The van der Waals surface area contributed by atoms with Crippen LogP contribution in [-0.4, -0.2) is 16.7 Å². The van der Waals surface area contributed by atoms with Gasteiger partial charge in [-0.1, -0.05) is 6.92 Å². The average molecular weight is 299 g/mol. The van der Waals surface area contributed by atoms with Crippen LogP contribution < -0.4 is 0 Å². The topological polar surface area (TPSA) is 46.3 Å². The maximum absolute atomic E-state index is 9.05. The van der Waals surface area contributed by atoms with Gasteiger partial charge in [-0.15, -0.1) is 0 Å². The van der Waals surface area contributed by atoms with Crippen LogP contribution in [0.4, 0.5) is 0 Å². The van der Waals surface area contributed by atoms with E-state index in [0.717, 1.165) is 35.7 Å². The van der Waals surface area contributed by atoms with Crippen molar-refractivity contribution in [3.63, 3.8) is 0 Å². The van der Waals surface area contributed by atoms with Gasteiger partial charge in [0.25, 0.3) is 0 Å². The van der Waals surface area contributed by atoms with Gasteiger partial charge in [-0.3, -0.25) is 0 Å². The standard InChI is InChI=1S/C19H25NO2/c1-11-8-9-13-5-3-6-14-12(2)18-19(16(11)17(13)14)22-15(20-18)7-4-10-21/h11,13,21H,3-10H2,1-2H3. The Bertz CT molecular complexity index is 716. The number of fused-ring (bicyclic) bond motifs is 2. The molecule has 118 valence electrons. The van der Waals surface area contributed by atoms with Gasteiger partial charge in [0.1, 0.15) is 5.52 Å². The monoisotopic (exact) mass is 299 g/mol. The third-order valence-electron chi connectivity index (χ3n) is 5.72. The number of rotatable bonds is 3. The van der Waals surface area contributed by atoms with E-state index < -0.39 is 0 Å². The highest BCUT2D eigenvalue weighted by atomic mass is 16.3. The van der Waals surface area contributed by atoms with Gasteiger partial charge in [-0.2, -0.15) is 0 Å². The second-order valence-corrected chi connectivity index (χ2v) is 7.11. The number of aromatic nitrogens is 1. The first kappa shape index (κ1) is 14.3. The van der Waals surface area contributed by atoms with E-state index >= 15 is 0 Å². The van der Waals surface area contributed by atoms with Crippen LogP contribution in [0.3, 0.4) is 0 Å². The molecule has 0 bridgehead atoms. The van der Waals surface area contributed by atoms with Gasteiger partial charge in [0.2, 0.25) is 0 Å². The summed E-state index contributed by atoms with van der Waals surface area (Å²) in [5.41, 5.74) is 8.09. The number of aliphatic hydroxyl groups is 1. The molecule has 4 rings (SSSR count). The second-order valence-electron chi connectivity index (χ2n) is 7.11. The van der Waals surface area contributed by atoms with Gasteiger partial charge in [0.05, 0.1) is 0 Å². The van der Waals surface area contributed by atoms with Gasteiger partial charge < -0.3 is 9.52 Å². The fourth-order valence-corrected chi connectivity index (χ4v) is 4.60. The van der Waals surface area contributed by atoms with Crippen molar-refractivity contribution in [2.45, 2.75) is 70.6 Å². The molecule has 0 aliphatic heterocycles. The fraction of sp³-hybridized carbons (Fsp3) is 0.632. The van der Waals surface area contributed by atoms with Crippen molar-refractivity contribution in [1.29, 1.82) is 0 Å². The Labute approximate surface area is 131 Å². The number of aryl methyl sites for hydroxylation is 2. The third-order valence-corrected chi connectivity index (χ3v) is 5.72. The van der Waals surface area contributed by atoms with Crippen LogP contribution in [0, 0.1) is 6.92 Å². The molecule has 1 aromatic carbocycles. The van der Waals surface area contributed by atoms with E-state index in [1.54, 1.807) is 11.1 Å². The summed E-state index contributed by atoms with van der Waals surface area (Å²) in [6.07, 6.45) is 7.90. The molecule has 2 aliphatic carbocycles. The maximum Gasteiger partial charge on any atom is 0.195 e. The highest BCUT2D eigenvalue weighted by Gasteiger charge is 2.34. The Balaban J connectivity index is 1.96. The lowest BCUT2D eigenvalue weighted by atomic mass is 9.69. The maximum atomic E-state index is 9.05. The zero-order valence-corrected chi connectivity index (χ0v) is 13.6. The highest BCUT2D eigenvalue weighted by molar-refractivity contribution is 5.84. The molecule has 2 aliphatic rings. The lowest BCUT2D eigenvalue weighted by Gasteiger charge is -2.35. The molecule has 1 aromatic heterocycles. The van der Waals surface area contributed by atoms with Gasteiger partial charge in [0, 0.05) is 18.6 Å². The van der Waals surface area contributed by atoms with Crippen LogP contribution >= 0.6 is 0 Å². The molecule has 2 atom stereocenters. The molecule has 22 heavy (non-hydrogen) atoms. The van der Waals surface area contributed by atoms with Crippen molar-refractivity contribution in [3.8, 4) is 0 Å². The molecule has 0 spiro atoms. The largest absolute Gasteiger partial charge is 0.440 e. The van der Waals surface area contributed by atoms with Crippen LogP contribution in [0.15, 0.2) is 4.42 Å². The summed E-state index contributed by atoms with van der Waals surface area (Å²) >= 11 is 0. The molecule has 3 nitrogen and oxygen atoms in total. The normalized spacial score (nSPS) is 23.8. The van der Waals surface area contributed by atoms with E-state index in [-0.39, 0.29) is 6.61 Å². The Morgan fingerprint density at radius 2 is 2.09 bits per heavy atom. The molecule has 0 saturated carbocycles. The quantitative estimate of drug-likeness (QED) is 0.915. The van der Waals surface area contributed by atoms with Gasteiger partial charge >= 0.3 is 0 Å². The molecular formula is C19H25NO2. The minimum Gasteiger partial charge on any atom is -0.440 e. The molecule has 0 radical (unpaired) electrons. The van der Waals surface area contributed by atoms with Crippen molar-refractivity contribution in [2.75, 3.05) is 6.61 Å². The Kier molecular flexibility index (Phi) is 3.48. The predicted molar refractivity (Wildman–Crippen MR) is 87.5 cm³/mol. The van der Waals surface area contributed by atoms with Crippen LogP contribution in [0.1, 0.15) is 79.0 Å². The van der Waals surface area contributed by atoms with Crippen LogP contribution in [0.5, 0.6) is 0 Å². The Morgan fingerprint density at radius 1 is 1.23 bits per heavy atom. The molecular weight excluding hydrogens is 274 g/mol. The second kappa shape index (κ2) is 5.38. The number of hydrogen-bond donors (Lipinski definition) is 1. The summed E-state index contributed by atoms with van der Waals surface area (Å²) < 4.78 is 6.17. The zero-order chi connectivity index (χ0) is 15.3. The Hall–Kier alpha value is -1.35. The molecule has 2 unspecified atom stereocenters. The minimum absolute atomic E-state index is 0.194. The fourth-order valence-electron chi connectivity index (χ4n) is 4.60. The lowest BCUT2D eigenvalue weighted by molar-refractivity contribution is 0.284. The summed E-state index contributed by atoms with van der Waals surface area (Å²) in [5, 5.41) is 9.05. The van der Waals surface area contributed by atoms with Crippen molar-refractivity contribution in [3.05, 3.63) is 28.1 Å². The smallest absolute Gasteiger partial charge is 0.195 e. The van der Waals surface area contributed by atoms with E-state index in [0.29, 0.717) is 5.92 Å². The first-order valence-corrected chi connectivity index (χ1v) is 8.76. The van der Waals surface area contributed by atoms with Crippen LogP contribution in [0.2, 0.25) is 0 Å². The van der Waals surface area contributed by atoms with E-state index in [9.17, 15) is 0 Å². The number of benzene rings is 1. The first-order valence-electron chi connectivity index (χ1n) is 8.76. The minimum atomic E-state index is 0.194. The average Bonchev–Trinajstić information content (AvgIpc) is 2.95. The van der Waals surface area contributed by atoms with Crippen molar-refractivity contribution >= 4 is 11.1 Å². The molecule has 1 N–H and O–H groups in total. The summed E-state index contributed by atoms with van der Waals surface area (Å²) in [5.74, 6) is 2.11. The van der Waals surface area contributed by atoms with E-state index in [4.69, 9.17) is 14.5 Å². The summed E-state index contributed by atoms with van der Waals surface area (Å²) in [7, 11) is 0. The number of nitrogens with zero attached hydrogens (tertiary/aromatic N) is 1. The van der Waals surface area contributed by atoms with Crippen LogP contribution in [0.25, 0.3) is 11.1 Å². The van der Waals surface area contributed by atoms with Gasteiger partial charge in [-0.25, -0.2) is 4.98 Å². The number of hydrogen-bond acceptors (Lipinski definition) is 3. The van der Waals surface area contributed by atoms with E-state index in [1.165, 1.54) is 43.2 Å². The lowest BCUT2D eigenvalue weighted by Crippen LogP contribution is -2.20. The highest BCUT2D eigenvalue weighted by Crippen LogP contribution is 2.49. The zero-order valence-electron chi connectivity index (χ0n) is 13.6. The van der Waals surface area contributed by atoms with E-state index in [1.807, 2.05) is 0 Å². The molecule has 0 amide bonds. The Morgan fingerprint density at radius 3 is 2.91 bits per heavy atom. The first-order chi connectivity index (χ1) is 10.7. The van der Waals surface area contributed by atoms with E-state index in [2.05, 4.69) is 13.8 Å². The third kappa shape index (κ3) is 2.02.